The molecule has 0 amide bonds. The summed E-state index contributed by atoms with van der Waals surface area (Å²) in [5.74, 6) is -0.974. The van der Waals surface area contributed by atoms with Crippen LogP contribution in [0.4, 0.5) is 9.59 Å². The van der Waals surface area contributed by atoms with E-state index >= 15 is 0 Å². The molecule has 0 saturated heterocycles. The Balaban J connectivity index is -0.000000312. The van der Waals surface area contributed by atoms with E-state index in [4.69, 9.17) is 18.9 Å². The number of hydrogen-bond acceptors (Lipinski definition) is 15. The lowest BCUT2D eigenvalue weighted by Gasteiger charge is -2.19. The van der Waals surface area contributed by atoms with Gasteiger partial charge in [0.2, 0.25) is 0 Å². The second-order valence-corrected chi connectivity index (χ2v) is 13.1. The fourth-order valence-electron chi connectivity index (χ4n) is 2.89. The van der Waals surface area contributed by atoms with Crippen molar-refractivity contribution in [2.24, 2.45) is 10.8 Å². The highest BCUT2D eigenvalue weighted by Gasteiger charge is 2.20. The molecule has 0 radical (unpaired) electrons. The molecule has 2 atom stereocenters. The van der Waals surface area contributed by atoms with Gasteiger partial charge in [0.05, 0.1) is 27.1 Å². The summed E-state index contributed by atoms with van der Waals surface area (Å²) in [5.41, 5.74) is -0.155. The molecule has 0 N–H and O–H groups in total. The molecule has 0 aliphatic rings. The first-order valence-corrected chi connectivity index (χ1v) is 15.9. The first-order valence-electron chi connectivity index (χ1n) is 15.9. The minimum atomic E-state index is -0.779. The maximum Gasteiger partial charge on any atom is 0.508 e. The zero-order valence-electron chi connectivity index (χ0n) is 31.4. The fraction of sp³-hybridized carbons (Fsp3) is 0.824. The maximum absolute atomic E-state index is 11.5. The van der Waals surface area contributed by atoms with E-state index in [9.17, 15) is 28.8 Å². The third kappa shape index (κ3) is 40.5. The van der Waals surface area contributed by atoms with Crippen molar-refractivity contribution in [3.8, 4) is 0 Å². The summed E-state index contributed by atoms with van der Waals surface area (Å²) in [5, 5.41) is 0. The normalized spacial score (nSPS) is 11.7. The summed E-state index contributed by atoms with van der Waals surface area (Å²) >= 11 is 0. The van der Waals surface area contributed by atoms with Crippen LogP contribution < -0.4 is 0 Å². The monoisotopic (exact) mass is 711 g/mol. The number of carbonyl (C=O) groups excluding carboxylic acids is 6. The number of likely N-dealkylation sites (N-methyl/N-ethyl adjacent to an activating group) is 1. The molecule has 15 heteroatoms. The van der Waals surface area contributed by atoms with Gasteiger partial charge in [-0.3, -0.25) is 24.1 Å². The van der Waals surface area contributed by atoms with Crippen molar-refractivity contribution >= 4 is 36.2 Å². The second-order valence-electron chi connectivity index (χ2n) is 13.1. The van der Waals surface area contributed by atoms with E-state index in [2.05, 4.69) is 18.9 Å². The van der Waals surface area contributed by atoms with Gasteiger partial charge in [0.25, 0.3) is 0 Å². The van der Waals surface area contributed by atoms with Crippen molar-refractivity contribution in [2.75, 3.05) is 60.8 Å². The molecular weight excluding hydrogens is 646 g/mol. The Morgan fingerprint density at radius 2 is 0.918 bits per heavy atom. The van der Waals surface area contributed by atoms with Gasteiger partial charge in [-0.25, -0.2) is 9.59 Å². The topological polar surface area (TPSA) is 180 Å². The van der Waals surface area contributed by atoms with Crippen molar-refractivity contribution in [3.05, 3.63) is 0 Å². The molecule has 15 nitrogen and oxygen atoms in total. The predicted molar refractivity (Wildman–Crippen MR) is 183 cm³/mol. The van der Waals surface area contributed by atoms with Crippen molar-refractivity contribution in [1.82, 2.24) is 4.90 Å². The van der Waals surface area contributed by atoms with Gasteiger partial charge in [0.15, 0.2) is 0 Å². The van der Waals surface area contributed by atoms with Crippen LogP contribution in [-0.2, 0) is 57.1 Å². The molecule has 0 spiro atoms. The highest BCUT2D eigenvalue weighted by atomic mass is 16.7. The Morgan fingerprint density at radius 1 is 0.571 bits per heavy atom. The van der Waals surface area contributed by atoms with Crippen LogP contribution in [0, 0.1) is 10.8 Å². The van der Waals surface area contributed by atoms with Gasteiger partial charge in [-0.05, 0) is 31.7 Å². The van der Waals surface area contributed by atoms with Gasteiger partial charge in [0.1, 0.15) is 38.6 Å². The van der Waals surface area contributed by atoms with Crippen LogP contribution >= 0.6 is 0 Å². The predicted octanol–water partition coefficient (Wildman–Crippen LogP) is 5.74. The Kier molecular flexibility index (Phi) is 31.2. The molecule has 0 heterocycles. The zero-order valence-corrected chi connectivity index (χ0v) is 31.4. The molecule has 0 saturated carbocycles. The minimum Gasteiger partial charge on any atom is -0.464 e. The first kappa shape index (κ1) is 52.2. The average Bonchev–Trinajstić information content (AvgIpc) is 2.97. The van der Waals surface area contributed by atoms with Gasteiger partial charge in [-0.2, -0.15) is 0 Å². The number of nitrogens with zero attached hydrogens (tertiary/aromatic N) is 1. The molecule has 0 aromatic carbocycles. The second kappa shape index (κ2) is 29.3. The van der Waals surface area contributed by atoms with Crippen LogP contribution in [-0.4, -0.2) is 114 Å². The summed E-state index contributed by atoms with van der Waals surface area (Å²) in [6, 6.07) is 0. The molecule has 0 aromatic heterocycles. The molecule has 49 heavy (non-hydrogen) atoms. The van der Waals surface area contributed by atoms with Crippen molar-refractivity contribution in [1.29, 1.82) is 0 Å². The van der Waals surface area contributed by atoms with Crippen molar-refractivity contribution in [3.63, 3.8) is 0 Å². The van der Waals surface area contributed by atoms with Crippen LogP contribution in [0.25, 0.3) is 0 Å². The van der Waals surface area contributed by atoms with E-state index in [1.54, 1.807) is 27.7 Å². The Hall–Kier alpha value is -3.62. The number of rotatable bonds is 16. The van der Waals surface area contributed by atoms with Crippen LogP contribution in [0.15, 0.2) is 0 Å². The average molecular weight is 712 g/mol. The SMILES string of the molecule is C.CCC(=O)OC(C)COC(=O)OC.CCC(=O)OCCN(C)CCOC(=O)CC(C)(C)C.COC(=O)OCC(C)OC(=O)CC(C)(C)C. The van der Waals surface area contributed by atoms with Gasteiger partial charge in [-0.15, -0.1) is 0 Å². The van der Waals surface area contributed by atoms with Crippen LogP contribution in [0.1, 0.15) is 102 Å². The highest BCUT2D eigenvalue weighted by Crippen LogP contribution is 2.19. The number of methoxy groups -OCH3 is 2. The molecule has 0 bridgehead atoms. The van der Waals surface area contributed by atoms with E-state index in [0.717, 1.165) is 0 Å². The van der Waals surface area contributed by atoms with Crippen LogP contribution in [0.3, 0.4) is 0 Å². The lowest BCUT2D eigenvalue weighted by Crippen LogP contribution is -2.29. The fourth-order valence-corrected chi connectivity index (χ4v) is 2.89. The molecule has 0 aliphatic heterocycles. The van der Waals surface area contributed by atoms with E-state index in [1.807, 2.05) is 53.5 Å². The Morgan fingerprint density at radius 3 is 1.27 bits per heavy atom. The zero-order chi connectivity index (χ0) is 37.9. The molecule has 290 valence electrons. The number of hydrogen-bond donors (Lipinski definition) is 0. The van der Waals surface area contributed by atoms with Crippen molar-refractivity contribution < 1.29 is 66.7 Å². The first-order chi connectivity index (χ1) is 22.1. The molecule has 0 aromatic rings. The number of ether oxygens (including phenoxy) is 8. The Labute approximate surface area is 293 Å². The van der Waals surface area contributed by atoms with Crippen molar-refractivity contribution in [2.45, 2.75) is 115 Å². The molecule has 0 fully saturated rings. The largest absolute Gasteiger partial charge is 0.508 e. The molecular formula is C34H65NO14. The molecule has 0 aliphatic carbocycles. The smallest absolute Gasteiger partial charge is 0.464 e. The highest BCUT2D eigenvalue weighted by molar-refractivity contribution is 5.71. The molecule has 0 rings (SSSR count). The quantitative estimate of drug-likeness (QED) is 0.140. The summed E-state index contributed by atoms with van der Waals surface area (Å²) in [6.45, 7) is 20.6. The summed E-state index contributed by atoms with van der Waals surface area (Å²) in [4.78, 5) is 67.6. The third-order valence-electron chi connectivity index (χ3n) is 5.27. The van der Waals surface area contributed by atoms with E-state index in [1.165, 1.54) is 14.2 Å². The lowest BCUT2D eigenvalue weighted by atomic mass is 9.92. The lowest BCUT2D eigenvalue weighted by molar-refractivity contribution is -0.152. The summed E-state index contributed by atoms with van der Waals surface area (Å²) < 4.78 is 37.7. The van der Waals surface area contributed by atoms with Crippen LogP contribution in [0.2, 0.25) is 0 Å². The number of esters is 4. The summed E-state index contributed by atoms with van der Waals surface area (Å²) in [6.07, 6.45) is -1.00. The number of carbonyl (C=O) groups is 6. The maximum atomic E-state index is 11.5. The van der Waals surface area contributed by atoms with Gasteiger partial charge in [0, 0.05) is 25.9 Å². The third-order valence-corrected chi connectivity index (χ3v) is 5.27. The van der Waals surface area contributed by atoms with E-state index < -0.39 is 24.5 Å². The van der Waals surface area contributed by atoms with Gasteiger partial charge < -0.3 is 37.9 Å². The minimum absolute atomic E-state index is 0. The van der Waals surface area contributed by atoms with Gasteiger partial charge >= 0.3 is 36.2 Å². The van der Waals surface area contributed by atoms with Crippen LogP contribution in [0.5, 0.6) is 0 Å². The standard InChI is InChI=1S/C14H27NO4.C11H20O5.C8H14O5.CH4/c1-6-12(16)18-9-7-15(5)8-10-19-13(17)11-14(2,3)4;1-8(7-15-10(13)14-5)16-9(12)6-11(2,3)4;1-4-7(9)13-6(2)5-12-8(10)11-3;/h6-11H2,1-5H3;8H,6-7H2,1-5H3;6H,4-5H2,1-3H3;1H4. The molecule has 2 unspecified atom stereocenters. The van der Waals surface area contributed by atoms with E-state index in [0.29, 0.717) is 52.0 Å². The van der Waals surface area contributed by atoms with E-state index in [-0.39, 0.29) is 55.3 Å². The summed E-state index contributed by atoms with van der Waals surface area (Å²) in [7, 11) is 4.33. The Bertz CT molecular complexity index is 940. The van der Waals surface area contributed by atoms with Gasteiger partial charge in [-0.1, -0.05) is 62.8 Å².